The Bertz CT molecular complexity index is 1180. The lowest BCUT2D eigenvalue weighted by Gasteiger charge is -2.07. The van der Waals surface area contributed by atoms with E-state index in [1.165, 1.54) is 12.3 Å². The summed E-state index contributed by atoms with van der Waals surface area (Å²) in [6.45, 7) is 0. The highest BCUT2D eigenvalue weighted by Crippen LogP contribution is 2.25. The van der Waals surface area contributed by atoms with E-state index in [0.717, 1.165) is 0 Å². The summed E-state index contributed by atoms with van der Waals surface area (Å²) in [4.78, 5) is 8.18. The first-order valence-electron chi connectivity index (χ1n) is 7.48. The Morgan fingerprint density at radius 1 is 1.04 bits per heavy atom. The molecule has 9 heteroatoms. The fourth-order valence-electron chi connectivity index (χ4n) is 2.48. The Hall–Kier alpha value is -2.97. The van der Waals surface area contributed by atoms with Crippen LogP contribution >= 0.6 is 11.6 Å². The molecule has 0 saturated carbocycles. The van der Waals surface area contributed by atoms with E-state index in [1.54, 1.807) is 48.7 Å². The molecule has 0 aliphatic carbocycles. The smallest absolute Gasteiger partial charge is 0.277 e. The van der Waals surface area contributed by atoms with Gasteiger partial charge < -0.3 is 4.52 Å². The van der Waals surface area contributed by atoms with Gasteiger partial charge in [0.25, 0.3) is 21.9 Å². The average Bonchev–Trinajstić information content (AvgIpc) is 3.09. The molecule has 0 saturated heterocycles. The molecule has 0 unspecified atom stereocenters. The fourth-order valence-corrected chi connectivity index (χ4v) is 3.77. The zero-order valence-corrected chi connectivity index (χ0v) is 14.7. The SMILES string of the molecule is O=S(=O)(Nc1noc(-c2ccc(Cl)cc2)n1)c1cccc2cnccc12. The van der Waals surface area contributed by atoms with Gasteiger partial charge in [-0.3, -0.25) is 4.98 Å². The van der Waals surface area contributed by atoms with Crippen LogP contribution in [0.3, 0.4) is 0 Å². The number of benzene rings is 2. The Balaban J connectivity index is 1.67. The van der Waals surface area contributed by atoms with Crippen LogP contribution in [0.1, 0.15) is 0 Å². The number of rotatable bonds is 4. The molecule has 1 N–H and O–H groups in total. The van der Waals surface area contributed by atoms with Crippen molar-refractivity contribution in [3.63, 3.8) is 0 Å². The molecule has 0 amide bonds. The summed E-state index contributed by atoms with van der Waals surface area (Å²) in [5.41, 5.74) is 0.628. The molecule has 26 heavy (non-hydrogen) atoms. The second-order valence-corrected chi connectivity index (χ2v) is 7.48. The summed E-state index contributed by atoms with van der Waals surface area (Å²) in [6, 6.07) is 13.3. The van der Waals surface area contributed by atoms with Crippen molar-refractivity contribution < 1.29 is 12.9 Å². The number of aromatic nitrogens is 3. The lowest BCUT2D eigenvalue weighted by Crippen LogP contribution is -2.14. The fraction of sp³-hybridized carbons (Fsp3) is 0. The molecule has 2 aromatic carbocycles. The summed E-state index contributed by atoms with van der Waals surface area (Å²) in [7, 11) is -3.90. The van der Waals surface area contributed by atoms with Crippen LogP contribution < -0.4 is 4.72 Å². The summed E-state index contributed by atoms with van der Waals surface area (Å²) in [5, 5.41) is 5.52. The number of nitrogens with zero attached hydrogens (tertiary/aromatic N) is 3. The summed E-state index contributed by atoms with van der Waals surface area (Å²) in [5.74, 6) is 0.0301. The van der Waals surface area contributed by atoms with Crippen LogP contribution in [0.4, 0.5) is 5.95 Å². The highest BCUT2D eigenvalue weighted by molar-refractivity contribution is 7.93. The normalized spacial score (nSPS) is 11.6. The van der Waals surface area contributed by atoms with Gasteiger partial charge in [-0.25, -0.2) is 13.1 Å². The quantitative estimate of drug-likeness (QED) is 0.573. The van der Waals surface area contributed by atoms with Crippen molar-refractivity contribution in [1.29, 1.82) is 0 Å². The average molecular weight is 387 g/mol. The van der Waals surface area contributed by atoms with Crippen LogP contribution in [0.15, 0.2) is 70.3 Å². The van der Waals surface area contributed by atoms with Gasteiger partial charge in [-0.1, -0.05) is 23.7 Å². The van der Waals surface area contributed by atoms with Crippen molar-refractivity contribution >= 4 is 38.3 Å². The summed E-state index contributed by atoms with van der Waals surface area (Å²) < 4.78 is 32.9. The van der Waals surface area contributed by atoms with Crippen LogP contribution in [-0.2, 0) is 10.0 Å². The molecule has 0 spiro atoms. The minimum absolute atomic E-state index is 0.107. The first-order valence-corrected chi connectivity index (χ1v) is 9.34. The van der Waals surface area contributed by atoms with Crippen LogP contribution in [0.5, 0.6) is 0 Å². The van der Waals surface area contributed by atoms with Crippen molar-refractivity contribution in [1.82, 2.24) is 15.1 Å². The maximum absolute atomic E-state index is 12.7. The topological polar surface area (TPSA) is 98.0 Å². The van der Waals surface area contributed by atoms with Crippen molar-refractivity contribution in [3.8, 4) is 11.5 Å². The third-order valence-corrected chi connectivity index (χ3v) is 5.31. The number of nitrogens with one attached hydrogen (secondary N) is 1. The minimum atomic E-state index is -3.90. The van der Waals surface area contributed by atoms with Gasteiger partial charge in [-0.05, 0) is 41.6 Å². The number of anilines is 1. The van der Waals surface area contributed by atoms with Gasteiger partial charge >= 0.3 is 0 Å². The largest absolute Gasteiger partial charge is 0.332 e. The zero-order chi connectivity index (χ0) is 18.1. The molecule has 2 heterocycles. The van der Waals surface area contributed by atoms with Crippen LogP contribution in [0.25, 0.3) is 22.2 Å². The number of halogens is 1. The monoisotopic (exact) mass is 386 g/mol. The van der Waals surface area contributed by atoms with Gasteiger partial charge in [0.1, 0.15) is 0 Å². The van der Waals surface area contributed by atoms with Crippen molar-refractivity contribution in [2.75, 3.05) is 4.72 Å². The highest BCUT2D eigenvalue weighted by atomic mass is 35.5. The molecule has 0 aliphatic heterocycles. The number of fused-ring (bicyclic) bond motifs is 1. The van der Waals surface area contributed by atoms with E-state index in [-0.39, 0.29) is 16.7 Å². The van der Waals surface area contributed by atoms with Gasteiger partial charge in [0.05, 0.1) is 4.90 Å². The molecule has 0 radical (unpaired) electrons. The first-order chi connectivity index (χ1) is 12.5. The van der Waals surface area contributed by atoms with Crippen molar-refractivity contribution in [2.24, 2.45) is 0 Å². The Morgan fingerprint density at radius 3 is 2.65 bits per heavy atom. The molecule has 4 rings (SSSR count). The third kappa shape index (κ3) is 3.12. The van der Waals surface area contributed by atoms with E-state index in [1.807, 2.05) is 0 Å². The van der Waals surface area contributed by atoms with E-state index in [0.29, 0.717) is 21.4 Å². The molecule has 0 aliphatic rings. The maximum Gasteiger partial charge on any atom is 0.277 e. The Kier molecular flexibility index (Phi) is 4.06. The molecule has 0 atom stereocenters. The van der Waals surface area contributed by atoms with E-state index < -0.39 is 10.0 Å². The number of sulfonamides is 1. The van der Waals surface area contributed by atoms with Crippen molar-refractivity contribution in [2.45, 2.75) is 4.90 Å². The van der Waals surface area contributed by atoms with Gasteiger partial charge in [0.2, 0.25) is 0 Å². The van der Waals surface area contributed by atoms with E-state index in [9.17, 15) is 8.42 Å². The lowest BCUT2D eigenvalue weighted by atomic mass is 10.2. The molecule has 0 fully saturated rings. The predicted octanol–water partition coefficient (Wildman–Crippen LogP) is 3.74. The second-order valence-electron chi connectivity index (χ2n) is 5.39. The Labute approximate surface area is 153 Å². The molecular formula is C17H11ClN4O3S. The maximum atomic E-state index is 12.7. The van der Waals surface area contributed by atoms with Gasteiger partial charge in [-0.15, -0.1) is 0 Å². The second kappa shape index (κ2) is 6.40. The summed E-state index contributed by atoms with van der Waals surface area (Å²) in [6.07, 6.45) is 3.13. The van der Waals surface area contributed by atoms with Gasteiger partial charge in [0, 0.05) is 33.8 Å². The molecule has 130 valence electrons. The minimum Gasteiger partial charge on any atom is -0.332 e. The predicted molar refractivity (Wildman–Crippen MR) is 97.3 cm³/mol. The van der Waals surface area contributed by atoms with E-state index in [2.05, 4.69) is 19.8 Å². The van der Waals surface area contributed by atoms with Crippen molar-refractivity contribution in [3.05, 3.63) is 65.9 Å². The number of hydrogen-bond donors (Lipinski definition) is 1. The third-order valence-electron chi connectivity index (χ3n) is 3.67. The van der Waals surface area contributed by atoms with Crippen LogP contribution in [0.2, 0.25) is 5.02 Å². The van der Waals surface area contributed by atoms with Gasteiger partial charge in [0.15, 0.2) is 0 Å². The Morgan fingerprint density at radius 2 is 1.85 bits per heavy atom. The number of pyridine rings is 1. The molecule has 4 aromatic rings. The van der Waals surface area contributed by atoms with Crippen LogP contribution in [-0.4, -0.2) is 23.5 Å². The number of hydrogen-bond acceptors (Lipinski definition) is 6. The highest BCUT2D eigenvalue weighted by Gasteiger charge is 2.20. The first kappa shape index (κ1) is 16.5. The summed E-state index contributed by atoms with van der Waals surface area (Å²) >= 11 is 5.84. The van der Waals surface area contributed by atoms with E-state index >= 15 is 0 Å². The van der Waals surface area contributed by atoms with Gasteiger partial charge in [-0.2, -0.15) is 4.98 Å². The zero-order valence-electron chi connectivity index (χ0n) is 13.1. The standard InChI is InChI=1S/C17H11ClN4O3S/c18-13-6-4-11(5-7-13)16-20-17(21-25-16)22-26(23,24)15-3-1-2-12-10-19-9-8-14(12)15/h1-10H,(H,21,22). The molecule has 2 aromatic heterocycles. The molecule has 7 nitrogen and oxygen atoms in total. The lowest BCUT2D eigenvalue weighted by molar-refractivity contribution is 0.433. The van der Waals surface area contributed by atoms with E-state index in [4.69, 9.17) is 16.1 Å². The van der Waals surface area contributed by atoms with Crippen LogP contribution in [0, 0.1) is 0 Å². The molecular weight excluding hydrogens is 376 g/mol. The molecule has 0 bridgehead atoms.